The molecule has 0 radical (unpaired) electrons. The number of hydrogen-bond donors (Lipinski definition) is 1. The van der Waals surface area contributed by atoms with Gasteiger partial charge in [-0.2, -0.15) is 5.26 Å². The van der Waals surface area contributed by atoms with Gasteiger partial charge < -0.3 is 10.2 Å². The molecule has 1 amide bonds. The zero-order valence-corrected chi connectivity index (χ0v) is 13.2. The molecule has 2 unspecified atom stereocenters. The number of carbonyl (C=O) groups is 2. The van der Waals surface area contributed by atoms with Gasteiger partial charge in [-0.25, -0.2) is 0 Å². The predicted octanol–water partition coefficient (Wildman–Crippen LogP) is 1.78. The van der Waals surface area contributed by atoms with Gasteiger partial charge in [0.05, 0.1) is 23.8 Å². The highest BCUT2D eigenvalue weighted by atomic mass is 16.6. The Morgan fingerprint density at radius 3 is 2.74 bits per heavy atom. The van der Waals surface area contributed by atoms with Crippen molar-refractivity contribution in [2.24, 2.45) is 11.1 Å². The van der Waals surface area contributed by atoms with Crippen molar-refractivity contribution in [1.29, 1.82) is 5.26 Å². The molecule has 1 aliphatic heterocycles. The fourth-order valence-corrected chi connectivity index (χ4v) is 2.14. The molecule has 0 saturated carbocycles. The topological polar surface area (TPSA) is 91.6 Å². The summed E-state index contributed by atoms with van der Waals surface area (Å²) in [6.07, 6.45) is 0.448. The highest BCUT2D eigenvalue weighted by molar-refractivity contribution is 6.01. The van der Waals surface area contributed by atoms with Gasteiger partial charge in [-0.3, -0.25) is 9.59 Å². The summed E-state index contributed by atoms with van der Waals surface area (Å²) in [7, 11) is 0. The van der Waals surface area contributed by atoms with Crippen molar-refractivity contribution < 1.29 is 14.4 Å². The van der Waals surface area contributed by atoms with E-state index in [9.17, 15) is 9.59 Å². The smallest absolute Gasteiger partial charge is 0.223 e. The lowest BCUT2D eigenvalue weighted by Crippen LogP contribution is -2.33. The van der Waals surface area contributed by atoms with E-state index in [-0.39, 0.29) is 30.1 Å². The first-order valence-corrected chi connectivity index (χ1v) is 7.50. The van der Waals surface area contributed by atoms with E-state index in [1.54, 1.807) is 19.1 Å². The summed E-state index contributed by atoms with van der Waals surface area (Å²) in [5.41, 5.74) is 2.24. The quantitative estimate of drug-likeness (QED) is 0.866. The lowest BCUT2D eigenvalue weighted by atomic mass is 10.0. The van der Waals surface area contributed by atoms with Crippen LogP contribution < -0.4 is 5.32 Å². The van der Waals surface area contributed by atoms with Crippen LogP contribution in [0.1, 0.15) is 37.8 Å². The van der Waals surface area contributed by atoms with Crippen molar-refractivity contribution in [3.8, 4) is 6.07 Å². The number of amides is 1. The molecule has 6 nitrogen and oxygen atoms in total. The standard InChI is InChI=1S/C17H19N3O3/c1-11(12(2)21)10-19-17(22)8-15-7-16(20-23-15)14-5-3-13(9-18)4-6-14/h3-6,11,15H,7-8,10H2,1-2H3,(H,19,22). The fourth-order valence-electron chi connectivity index (χ4n) is 2.14. The molecule has 1 heterocycles. The van der Waals surface area contributed by atoms with Crippen molar-refractivity contribution in [1.82, 2.24) is 5.32 Å². The van der Waals surface area contributed by atoms with Gasteiger partial charge in [0.25, 0.3) is 0 Å². The second kappa shape index (κ2) is 7.54. The molecular weight excluding hydrogens is 294 g/mol. The van der Waals surface area contributed by atoms with Crippen LogP contribution in [0.15, 0.2) is 29.4 Å². The van der Waals surface area contributed by atoms with Gasteiger partial charge in [-0.05, 0) is 24.6 Å². The average Bonchev–Trinajstić information content (AvgIpc) is 3.01. The van der Waals surface area contributed by atoms with Crippen molar-refractivity contribution in [3.63, 3.8) is 0 Å². The number of benzene rings is 1. The molecule has 0 bridgehead atoms. The fraction of sp³-hybridized carbons (Fsp3) is 0.412. The number of nitrogens with one attached hydrogen (secondary N) is 1. The molecule has 2 rings (SSSR count). The molecular formula is C17H19N3O3. The van der Waals surface area contributed by atoms with Crippen LogP contribution >= 0.6 is 0 Å². The summed E-state index contributed by atoms with van der Waals surface area (Å²) >= 11 is 0. The summed E-state index contributed by atoms with van der Waals surface area (Å²) < 4.78 is 0. The number of hydrogen-bond acceptors (Lipinski definition) is 5. The number of ketones is 1. The SMILES string of the molecule is CC(=O)C(C)CNC(=O)CC1CC(c2ccc(C#N)cc2)=NO1. The molecule has 0 saturated heterocycles. The normalized spacial score (nSPS) is 17.6. The lowest BCUT2D eigenvalue weighted by molar-refractivity contribution is -0.124. The Kier molecular flexibility index (Phi) is 5.47. The van der Waals surface area contributed by atoms with E-state index in [0.29, 0.717) is 18.5 Å². The van der Waals surface area contributed by atoms with Gasteiger partial charge >= 0.3 is 0 Å². The number of nitriles is 1. The van der Waals surface area contributed by atoms with Crippen molar-refractivity contribution in [3.05, 3.63) is 35.4 Å². The third kappa shape index (κ3) is 4.65. The Labute approximate surface area is 135 Å². The molecule has 1 aromatic rings. The van der Waals surface area contributed by atoms with Crippen molar-refractivity contribution >= 4 is 17.4 Å². The zero-order chi connectivity index (χ0) is 16.8. The van der Waals surface area contributed by atoms with Gasteiger partial charge in [-0.1, -0.05) is 24.2 Å². The zero-order valence-electron chi connectivity index (χ0n) is 13.2. The van der Waals surface area contributed by atoms with Crippen molar-refractivity contribution in [2.75, 3.05) is 6.54 Å². The van der Waals surface area contributed by atoms with Gasteiger partial charge in [0.15, 0.2) is 0 Å². The third-order valence-corrected chi connectivity index (χ3v) is 3.79. The van der Waals surface area contributed by atoms with E-state index >= 15 is 0 Å². The summed E-state index contributed by atoms with van der Waals surface area (Å²) in [6.45, 7) is 3.62. The summed E-state index contributed by atoms with van der Waals surface area (Å²) in [6, 6.07) is 9.14. The van der Waals surface area contributed by atoms with E-state index < -0.39 is 0 Å². The van der Waals surface area contributed by atoms with Crippen LogP contribution in [0.2, 0.25) is 0 Å². The van der Waals surface area contributed by atoms with Crippen LogP contribution in [0.5, 0.6) is 0 Å². The van der Waals surface area contributed by atoms with Crippen molar-refractivity contribution in [2.45, 2.75) is 32.8 Å². The van der Waals surface area contributed by atoms with E-state index in [4.69, 9.17) is 10.1 Å². The van der Waals surface area contributed by atoms with Crippen LogP contribution in [0.3, 0.4) is 0 Å². The predicted molar refractivity (Wildman–Crippen MR) is 84.7 cm³/mol. The molecule has 0 aliphatic carbocycles. The van der Waals surface area contributed by atoms with Gasteiger partial charge in [0.2, 0.25) is 5.91 Å². The van der Waals surface area contributed by atoms with Crippen LogP contribution in [0.25, 0.3) is 0 Å². The largest absolute Gasteiger partial charge is 0.391 e. The van der Waals surface area contributed by atoms with Gasteiger partial charge in [0, 0.05) is 18.9 Å². The van der Waals surface area contributed by atoms with E-state index in [1.807, 2.05) is 12.1 Å². The Hall–Kier alpha value is -2.68. The number of Topliss-reactive ketones (excluding diaryl/α,β-unsaturated/α-hetero) is 1. The van der Waals surface area contributed by atoms with Gasteiger partial charge in [0.1, 0.15) is 11.9 Å². The Morgan fingerprint density at radius 2 is 2.13 bits per heavy atom. The molecule has 1 N–H and O–H groups in total. The first kappa shape index (κ1) is 16.7. The first-order valence-electron chi connectivity index (χ1n) is 7.50. The molecule has 23 heavy (non-hydrogen) atoms. The first-order chi connectivity index (χ1) is 11.0. The van der Waals surface area contributed by atoms with Gasteiger partial charge in [-0.15, -0.1) is 0 Å². The van der Waals surface area contributed by atoms with Crippen LogP contribution in [-0.2, 0) is 14.4 Å². The van der Waals surface area contributed by atoms with Crippen LogP contribution in [0, 0.1) is 17.2 Å². The number of nitrogens with zero attached hydrogens (tertiary/aromatic N) is 2. The minimum absolute atomic E-state index is 0.0499. The molecule has 2 atom stereocenters. The Bertz CT molecular complexity index is 659. The second-order valence-electron chi connectivity index (χ2n) is 5.68. The maximum atomic E-state index is 11.9. The summed E-state index contributed by atoms with van der Waals surface area (Å²) in [5, 5.41) is 15.5. The minimum atomic E-state index is -0.298. The van der Waals surface area contributed by atoms with E-state index in [2.05, 4.69) is 16.5 Å². The number of rotatable bonds is 6. The highest BCUT2D eigenvalue weighted by Crippen LogP contribution is 2.19. The Balaban J connectivity index is 1.81. The third-order valence-electron chi connectivity index (χ3n) is 3.79. The Morgan fingerprint density at radius 1 is 1.43 bits per heavy atom. The maximum Gasteiger partial charge on any atom is 0.223 e. The molecule has 1 aromatic carbocycles. The van der Waals surface area contributed by atoms with E-state index in [0.717, 1.165) is 11.3 Å². The monoisotopic (exact) mass is 313 g/mol. The summed E-state index contributed by atoms with van der Waals surface area (Å²) in [4.78, 5) is 28.3. The molecule has 1 aliphatic rings. The highest BCUT2D eigenvalue weighted by Gasteiger charge is 2.25. The molecule has 120 valence electrons. The van der Waals surface area contributed by atoms with E-state index in [1.165, 1.54) is 6.92 Å². The molecule has 6 heteroatoms. The maximum absolute atomic E-state index is 11.9. The minimum Gasteiger partial charge on any atom is -0.391 e. The summed E-state index contributed by atoms with van der Waals surface area (Å²) in [5.74, 6) is -0.290. The van der Waals surface area contributed by atoms with Crippen LogP contribution in [-0.4, -0.2) is 30.1 Å². The number of oxime groups is 1. The number of carbonyl (C=O) groups excluding carboxylic acids is 2. The molecule has 0 spiro atoms. The lowest BCUT2D eigenvalue weighted by Gasteiger charge is -2.11. The van der Waals surface area contributed by atoms with Crippen LogP contribution in [0.4, 0.5) is 0 Å². The second-order valence-corrected chi connectivity index (χ2v) is 5.68. The molecule has 0 aromatic heterocycles. The molecule has 0 fully saturated rings. The average molecular weight is 313 g/mol.